The number of aromatic amines is 1. The number of hydrogen-bond donors (Lipinski definition) is 2. The summed E-state index contributed by atoms with van der Waals surface area (Å²) in [4.78, 5) is 19.5. The van der Waals surface area contributed by atoms with Crippen LogP contribution >= 0.6 is 11.8 Å². The van der Waals surface area contributed by atoms with Crippen LogP contribution in [0.1, 0.15) is 11.1 Å². The van der Waals surface area contributed by atoms with Crippen molar-refractivity contribution in [1.82, 2.24) is 15.3 Å². The average molecular weight is 329 g/mol. The molecule has 3 aromatic rings. The van der Waals surface area contributed by atoms with Crippen LogP contribution in [0.2, 0.25) is 0 Å². The van der Waals surface area contributed by atoms with Gasteiger partial charge in [-0.25, -0.2) is 9.37 Å². The van der Waals surface area contributed by atoms with Crippen molar-refractivity contribution in [2.24, 2.45) is 0 Å². The SMILES string of the molecule is Cc1ccc(CNC(=O)CSc2nc3ccccc3[nH]2)cc1F. The van der Waals surface area contributed by atoms with Gasteiger partial charge in [0.15, 0.2) is 5.16 Å². The smallest absolute Gasteiger partial charge is 0.230 e. The number of halogens is 1. The zero-order chi connectivity index (χ0) is 16.2. The van der Waals surface area contributed by atoms with Crippen molar-refractivity contribution in [3.63, 3.8) is 0 Å². The van der Waals surface area contributed by atoms with Crippen molar-refractivity contribution < 1.29 is 9.18 Å². The van der Waals surface area contributed by atoms with E-state index in [2.05, 4.69) is 15.3 Å². The molecule has 0 radical (unpaired) electrons. The van der Waals surface area contributed by atoms with Gasteiger partial charge in [0, 0.05) is 6.54 Å². The van der Waals surface area contributed by atoms with Crippen LogP contribution in [0.4, 0.5) is 4.39 Å². The highest BCUT2D eigenvalue weighted by atomic mass is 32.2. The number of hydrogen-bond acceptors (Lipinski definition) is 3. The van der Waals surface area contributed by atoms with Gasteiger partial charge in [0.1, 0.15) is 5.82 Å². The van der Waals surface area contributed by atoms with Gasteiger partial charge in [-0.3, -0.25) is 4.79 Å². The molecule has 23 heavy (non-hydrogen) atoms. The lowest BCUT2D eigenvalue weighted by Gasteiger charge is -2.05. The van der Waals surface area contributed by atoms with Gasteiger partial charge in [0.05, 0.1) is 16.8 Å². The molecule has 0 aliphatic heterocycles. The number of carbonyl (C=O) groups is 1. The Bertz CT molecular complexity index is 814. The Labute approximate surface area is 137 Å². The Kier molecular flexibility index (Phi) is 4.62. The van der Waals surface area contributed by atoms with Crippen LogP contribution in [0.5, 0.6) is 0 Å². The van der Waals surface area contributed by atoms with E-state index in [1.54, 1.807) is 13.0 Å². The van der Waals surface area contributed by atoms with Crippen LogP contribution < -0.4 is 5.32 Å². The molecule has 4 nitrogen and oxygen atoms in total. The number of imidazole rings is 1. The topological polar surface area (TPSA) is 57.8 Å². The van der Waals surface area contributed by atoms with Gasteiger partial charge >= 0.3 is 0 Å². The minimum absolute atomic E-state index is 0.114. The third-order valence-corrected chi connectivity index (χ3v) is 4.31. The molecule has 0 bridgehead atoms. The van der Waals surface area contributed by atoms with Crippen molar-refractivity contribution in [2.75, 3.05) is 5.75 Å². The van der Waals surface area contributed by atoms with E-state index in [1.165, 1.54) is 17.8 Å². The molecule has 118 valence electrons. The molecule has 2 aromatic carbocycles. The van der Waals surface area contributed by atoms with Gasteiger partial charge < -0.3 is 10.3 Å². The number of carbonyl (C=O) groups excluding carboxylic acids is 1. The maximum atomic E-state index is 13.4. The van der Waals surface area contributed by atoms with Gasteiger partial charge in [-0.15, -0.1) is 0 Å². The maximum Gasteiger partial charge on any atom is 0.230 e. The fourth-order valence-corrected chi connectivity index (χ4v) is 2.84. The van der Waals surface area contributed by atoms with Crippen molar-refractivity contribution in [3.8, 4) is 0 Å². The molecule has 0 saturated carbocycles. The summed E-state index contributed by atoms with van der Waals surface area (Å²) in [6, 6.07) is 12.7. The molecule has 0 fully saturated rings. The number of H-pyrrole nitrogens is 1. The van der Waals surface area contributed by atoms with Crippen LogP contribution in [0.25, 0.3) is 11.0 Å². The van der Waals surface area contributed by atoms with E-state index >= 15 is 0 Å². The van der Waals surface area contributed by atoms with Crippen LogP contribution in [0.15, 0.2) is 47.6 Å². The number of aryl methyl sites for hydroxylation is 1. The molecule has 6 heteroatoms. The van der Waals surface area contributed by atoms with Gasteiger partial charge in [-0.05, 0) is 36.2 Å². The summed E-state index contributed by atoms with van der Waals surface area (Å²) in [6.45, 7) is 2.03. The van der Waals surface area contributed by atoms with Crippen molar-refractivity contribution >= 4 is 28.7 Å². The van der Waals surface area contributed by atoms with E-state index in [4.69, 9.17) is 0 Å². The Morgan fingerprint density at radius 3 is 2.91 bits per heavy atom. The third-order valence-electron chi connectivity index (χ3n) is 3.43. The molecule has 0 aliphatic rings. The number of thioether (sulfide) groups is 1. The lowest BCUT2D eigenvalue weighted by Crippen LogP contribution is -2.24. The summed E-state index contributed by atoms with van der Waals surface area (Å²) < 4.78 is 13.4. The van der Waals surface area contributed by atoms with Crippen LogP contribution in [-0.2, 0) is 11.3 Å². The largest absolute Gasteiger partial charge is 0.351 e. The fourth-order valence-electron chi connectivity index (χ4n) is 2.13. The fraction of sp³-hybridized carbons (Fsp3) is 0.176. The van der Waals surface area contributed by atoms with Crippen LogP contribution in [0, 0.1) is 12.7 Å². The quantitative estimate of drug-likeness (QED) is 0.705. The van der Waals surface area contributed by atoms with Gasteiger partial charge in [-0.2, -0.15) is 0 Å². The molecular weight excluding hydrogens is 313 g/mol. The summed E-state index contributed by atoms with van der Waals surface area (Å²) in [5.74, 6) is -0.112. The van der Waals surface area contributed by atoms with Gasteiger partial charge in [0.25, 0.3) is 0 Å². The lowest BCUT2D eigenvalue weighted by atomic mass is 10.1. The first kappa shape index (κ1) is 15.6. The summed E-state index contributed by atoms with van der Waals surface area (Å²) in [6.07, 6.45) is 0. The molecule has 0 atom stereocenters. The zero-order valence-corrected chi connectivity index (χ0v) is 13.4. The highest BCUT2D eigenvalue weighted by Gasteiger charge is 2.07. The Balaban J connectivity index is 1.52. The monoisotopic (exact) mass is 329 g/mol. The summed E-state index contributed by atoms with van der Waals surface area (Å²) in [7, 11) is 0. The molecular formula is C17H16FN3OS. The number of para-hydroxylation sites is 2. The minimum atomic E-state index is -0.256. The normalized spacial score (nSPS) is 10.9. The number of nitrogens with one attached hydrogen (secondary N) is 2. The highest BCUT2D eigenvalue weighted by molar-refractivity contribution is 7.99. The second-order valence-corrected chi connectivity index (χ2v) is 6.17. The summed E-state index contributed by atoms with van der Waals surface area (Å²) >= 11 is 1.34. The predicted molar refractivity (Wildman–Crippen MR) is 89.8 cm³/mol. The molecule has 3 rings (SSSR count). The predicted octanol–water partition coefficient (Wildman–Crippen LogP) is 3.42. The number of benzene rings is 2. The third kappa shape index (κ3) is 3.90. The first-order chi connectivity index (χ1) is 11.1. The molecule has 1 heterocycles. The summed E-state index contributed by atoms with van der Waals surface area (Å²) in [5.41, 5.74) is 3.17. The lowest BCUT2D eigenvalue weighted by molar-refractivity contribution is -0.118. The minimum Gasteiger partial charge on any atom is -0.351 e. The van der Waals surface area contributed by atoms with E-state index in [0.29, 0.717) is 17.3 Å². The van der Waals surface area contributed by atoms with Crippen molar-refractivity contribution in [3.05, 3.63) is 59.4 Å². The second-order valence-electron chi connectivity index (χ2n) is 5.21. The molecule has 1 aromatic heterocycles. The molecule has 0 unspecified atom stereocenters. The molecule has 0 aliphatic carbocycles. The number of rotatable bonds is 5. The number of nitrogens with zero attached hydrogens (tertiary/aromatic N) is 1. The summed E-state index contributed by atoms with van der Waals surface area (Å²) in [5, 5.41) is 3.49. The number of fused-ring (bicyclic) bond motifs is 1. The van der Waals surface area contributed by atoms with E-state index in [0.717, 1.165) is 16.6 Å². The molecule has 2 N–H and O–H groups in total. The first-order valence-electron chi connectivity index (χ1n) is 7.21. The Morgan fingerprint density at radius 1 is 1.30 bits per heavy atom. The first-order valence-corrected chi connectivity index (χ1v) is 8.19. The van der Waals surface area contributed by atoms with Crippen LogP contribution in [-0.4, -0.2) is 21.6 Å². The highest BCUT2D eigenvalue weighted by Crippen LogP contribution is 2.18. The number of aromatic nitrogens is 2. The second kappa shape index (κ2) is 6.83. The standard InChI is InChI=1S/C17H16FN3OS/c1-11-6-7-12(8-13(11)18)9-19-16(22)10-23-17-20-14-4-2-3-5-15(14)21-17/h2-8H,9-10H2,1H3,(H,19,22)(H,20,21). The van der Waals surface area contributed by atoms with E-state index in [1.807, 2.05) is 30.3 Å². The van der Waals surface area contributed by atoms with E-state index < -0.39 is 0 Å². The average Bonchev–Trinajstić information content (AvgIpc) is 2.97. The van der Waals surface area contributed by atoms with Crippen molar-refractivity contribution in [2.45, 2.75) is 18.6 Å². The molecule has 1 amide bonds. The maximum absolute atomic E-state index is 13.4. The molecule has 0 spiro atoms. The molecule has 0 saturated heterocycles. The number of amides is 1. The van der Waals surface area contributed by atoms with Gasteiger partial charge in [0.2, 0.25) is 5.91 Å². The van der Waals surface area contributed by atoms with Crippen molar-refractivity contribution in [1.29, 1.82) is 0 Å². The Morgan fingerprint density at radius 2 is 2.13 bits per heavy atom. The zero-order valence-electron chi connectivity index (χ0n) is 12.6. The van der Waals surface area contributed by atoms with Gasteiger partial charge in [-0.1, -0.05) is 36.0 Å². The van der Waals surface area contributed by atoms with E-state index in [-0.39, 0.29) is 17.5 Å². The van der Waals surface area contributed by atoms with E-state index in [9.17, 15) is 9.18 Å². The Hall–Kier alpha value is -2.34. The van der Waals surface area contributed by atoms with Crippen LogP contribution in [0.3, 0.4) is 0 Å².